The SMILES string of the molecule is Cn1nc(C(=O)N2CCOCC2)cc1OCC(=O)N1CCCC1. The number of hydrogen-bond donors (Lipinski definition) is 0. The fourth-order valence-electron chi connectivity index (χ4n) is 2.81. The van der Waals surface area contributed by atoms with Gasteiger partial charge >= 0.3 is 0 Å². The molecule has 0 aromatic carbocycles. The molecule has 0 bridgehead atoms. The summed E-state index contributed by atoms with van der Waals surface area (Å²) in [6.45, 7) is 3.81. The van der Waals surface area contributed by atoms with E-state index in [1.807, 2.05) is 0 Å². The third-order valence-electron chi connectivity index (χ3n) is 4.16. The van der Waals surface area contributed by atoms with Gasteiger partial charge in [-0.25, -0.2) is 4.68 Å². The Morgan fingerprint density at radius 1 is 1.17 bits per heavy atom. The Hall–Kier alpha value is -2.09. The van der Waals surface area contributed by atoms with Gasteiger partial charge in [-0.3, -0.25) is 9.59 Å². The van der Waals surface area contributed by atoms with Crippen molar-refractivity contribution in [1.82, 2.24) is 19.6 Å². The van der Waals surface area contributed by atoms with E-state index in [0.29, 0.717) is 37.9 Å². The Bertz CT molecular complexity index is 574. The van der Waals surface area contributed by atoms with Gasteiger partial charge in [-0.1, -0.05) is 0 Å². The average molecular weight is 322 g/mol. The number of morpholine rings is 1. The summed E-state index contributed by atoms with van der Waals surface area (Å²) in [6.07, 6.45) is 2.10. The minimum Gasteiger partial charge on any atom is -0.468 e. The first-order valence-corrected chi connectivity index (χ1v) is 7.97. The van der Waals surface area contributed by atoms with Crippen molar-refractivity contribution < 1.29 is 19.1 Å². The molecule has 0 spiro atoms. The number of aryl methyl sites for hydroxylation is 1. The lowest BCUT2D eigenvalue weighted by Gasteiger charge is -2.25. The zero-order valence-corrected chi connectivity index (χ0v) is 13.4. The Morgan fingerprint density at radius 2 is 1.87 bits per heavy atom. The molecule has 2 aliphatic rings. The summed E-state index contributed by atoms with van der Waals surface area (Å²) in [4.78, 5) is 27.9. The highest BCUT2D eigenvalue weighted by Crippen LogP contribution is 2.15. The molecule has 3 heterocycles. The van der Waals surface area contributed by atoms with E-state index in [1.54, 1.807) is 22.9 Å². The van der Waals surface area contributed by atoms with E-state index in [0.717, 1.165) is 25.9 Å². The van der Waals surface area contributed by atoms with Crippen LogP contribution in [0.1, 0.15) is 23.3 Å². The second-order valence-electron chi connectivity index (χ2n) is 5.77. The van der Waals surface area contributed by atoms with Crippen molar-refractivity contribution in [1.29, 1.82) is 0 Å². The second kappa shape index (κ2) is 6.99. The van der Waals surface area contributed by atoms with Crippen molar-refractivity contribution in [2.45, 2.75) is 12.8 Å². The van der Waals surface area contributed by atoms with E-state index in [-0.39, 0.29) is 18.4 Å². The van der Waals surface area contributed by atoms with Crippen LogP contribution in [0, 0.1) is 0 Å². The van der Waals surface area contributed by atoms with Crippen molar-refractivity contribution in [3.05, 3.63) is 11.8 Å². The Morgan fingerprint density at radius 3 is 2.57 bits per heavy atom. The summed E-state index contributed by atoms with van der Waals surface area (Å²) in [5, 5.41) is 4.20. The van der Waals surface area contributed by atoms with Crippen LogP contribution in [0.2, 0.25) is 0 Å². The molecule has 126 valence electrons. The number of hydrogen-bond acceptors (Lipinski definition) is 5. The number of carbonyl (C=O) groups is 2. The van der Waals surface area contributed by atoms with Gasteiger partial charge in [-0.05, 0) is 12.8 Å². The summed E-state index contributed by atoms with van der Waals surface area (Å²) in [5.74, 6) is 0.267. The lowest BCUT2D eigenvalue weighted by atomic mass is 10.3. The van der Waals surface area contributed by atoms with Crippen LogP contribution in [-0.4, -0.2) is 77.4 Å². The highest BCUT2D eigenvalue weighted by molar-refractivity contribution is 5.92. The van der Waals surface area contributed by atoms with Gasteiger partial charge in [0.15, 0.2) is 12.3 Å². The van der Waals surface area contributed by atoms with Crippen LogP contribution < -0.4 is 4.74 Å². The standard InChI is InChI=1S/C15H22N4O4/c1-17-14(23-11-13(20)18-4-2-3-5-18)10-12(16-17)15(21)19-6-8-22-9-7-19/h10H,2-9,11H2,1H3. The molecule has 1 aromatic rings. The molecule has 0 aliphatic carbocycles. The van der Waals surface area contributed by atoms with Gasteiger partial charge in [0, 0.05) is 39.3 Å². The van der Waals surface area contributed by atoms with Crippen LogP contribution in [0.3, 0.4) is 0 Å². The molecule has 2 aliphatic heterocycles. The molecule has 8 nitrogen and oxygen atoms in total. The van der Waals surface area contributed by atoms with Crippen molar-refractivity contribution >= 4 is 11.8 Å². The van der Waals surface area contributed by atoms with Crippen molar-refractivity contribution in [3.8, 4) is 5.88 Å². The highest BCUT2D eigenvalue weighted by Gasteiger charge is 2.23. The monoisotopic (exact) mass is 322 g/mol. The van der Waals surface area contributed by atoms with E-state index in [9.17, 15) is 9.59 Å². The topological polar surface area (TPSA) is 76.9 Å². The first-order chi connectivity index (χ1) is 11.1. The Balaban J connectivity index is 1.59. The number of amides is 2. The maximum atomic E-state index is 12.4. The highest BCUT2D eigenvalue weighted by atomic mass is 16.5. The van der Waals surface area contributed by atoms with Crippen LogP contribution in [0.15, 0.2) is 6.07 Å². The van der Waals surface area contributed by atoms with E-state index < -0.39 is 0 Å². The van der Waals surface area contributed by atoms with Crippen molar-refractivity contribution in [2.24, 2.45) is 7.05 Å². The molecule has 0 saturated carbocycles. The van der Waals surface area contributed by atoms with Crippen molar-refractivity contribution in [2.75, 3.05) is 46.0 Å². The lowest BCUT2D eigenvalue weighted by Crippen LogP contribution is -2.40. The number of aromatic nitrogens is 2. The molecule has 2 fully saturated rings. The molecule has 0 radical (unpaired) electrons. The first-order valence-electron chi connectivity index (χ1n) is 7.97. The summed E-state index contributed by atoms with van der Waals surface area (Å²) in [7, 11) is 1.70. The smallest absolute Gasteiger partial charge is 0.274 e. The number of rotatable bonds is 4. The third-order valence-corrected chi connectivity index (χ3v) is 4.16. The summed E-state index contributed by atoms with van der Waals surface area (Å²) >= 11 is 0. The van der Waals surface area contributed by atoms with Crippen LogP contribution in [0.25, 0.3) is 0 Å². The zero-order chi connectivity index (χ0) is 16.2. The molecule has 0 atom stereocenters. The molecule has 2 amide bonds. The van der Waals surface area contributed by atoms with Gasteiger partial charge in [0.05, 0.1) is 13.2 Å². The maximum absolute atomic E-state index is 12.4. The van der Waals surface area contributed by atoms with Gasteiger partial charge in [0.25, 0.3) is 11.8 Å². The molecular formula is C15H22N4O4. The second-order valence-corrected chi connectivity index (χ2v) is 5.77. The lowest BCUT2D eigenvalue weighted by molar-refractivity contribution is -0.132. The molecule has 0 N–H and O–H groups in total. The quantitative estimate of drug-likeness (QED) is 0.773. The predicted molar refractivity (Wildman–Crippen MR) is 81.2 cm³/mol. The average Bonchev–Trinajstić information content (AvgIpc) is 3.23. The third kappa shape index (κ3) is 3.64. The molecule has 8 heteroatoms. The Kier molecular flexibility index (Phi) is 4.80. The largest absolute Gasteiger partial charge is 0.468 e. The number of nitrogens with zero attached hydrogens (tertiary/aromatic N) is 4. The van der Waals surface area contributed by atoms with E-state index in [2.05, 4.69) is 5.10 Å². The fraction of sp³-hybridized carbons (Fsp3) is 0.667. The Labute approximate surface area is 134 Å². The number of ether oxygens (including phenoxy) is 2. The summed E-state index contributed by atoms with van der Waals surface area (Å²) in [6, 6.07) is 1.59. The number of likely N-dealkylation sites (tertiary alicyclic amines) is 1. The van der Waals surface area contributed by atoms with E-state index in [1.165, 1.54) is 4.68 Å². The maximum Gasteiger partial charge on any atom is 0.274 e. The van der Waals surface area contributed by atoms with Crippen molar-refractivity contribution in [3.63, 3.8) is 0 Å². The molecule has 23 heavy (non-hydrogen) atoms. The van der Waals surface area contributed by atoms with Gasteiger partial charge in [0.2, 0.25) is 5.88 Å². The van der Waals surface area contributed by atoms with Crippen LogP contribution in [0.5, 0.6) is 5.88 Å². The molecule has 0 unspecified atom stereocenters. The summed E-state index contributed by atoms with van der Waals surface area (Å²) < 4.78 is 12.3. The minimum absolute atomic E-state index is 0.0231. The van der Waals surface area contributed by atoms with Gasteiger partial charge < -0.3 is 19.3 Å². The molecule has 3 rings (SSSR count). The molecule has 2 saturated heterocycles. The van der Waals surface area contributed by atoms with Crippen LogP contribution in [-0.2, 0) is 16.6 Å². The molecular weight excluding hydrogens is 300 g/mol. The van der Waals surface area contributed by atoms with Gasteiger partial charge in [-0.15, -0.1) is 0 Å². The normalized spacial score (nSPS) is 18.3. The fourth-order valence-corrected chi connectivity index (χ4v) is 2.81. The van der Waals surface area contributed by atoms with Crippen LogP contribution in [0.4, 0.5) is 0 Å². The number of carbonyl (C=O) groups excluding carboxylic acids is 2. The van der Waals surface area contributed by atoms with E-state index in [4.69, 9.17) is 9.47 Å². The van der Waals surface area contributed by atoms with Crippen LogP contribution >= 0.6 is 0 Å². The minimum atomic E-state index is -0.135. The first kappa shape index (κ1) is 15.8. The zero-order valence-electron chi connectivity index (χ0n) is 13.4. The van der Waals surface area contributed by atoms with E-state index >= 15 is 0 Å². The van der Waals surface area contributed by atoms with Gasteiger partial charge in [-0.2, -0.15) is 5.10 Å². The summed E-state index contributed by atoms with van der Waals surface area (Å²) in [5.41, 5.74) is 0.332. The molecule has 1 aromatic heterocycles. The predicted octanol–water partition coefficient (Wildman–Crippen LogP) is -0.106. The van der Waals surface area contributed by atoms with Gasteiger partial charge in [0.1, 0.15) is 0 Å².